The minimum absolute atomic E-state index is 0.439. The van der Waals surface area contributed by atoms with Crippen LogP contribution < -0.4 is 24.8 Å². The van der Waals surface area contributed by atoms with Crippen LogP contribution in [0.1, 0.15) is 5.56 Å². The van der Waals surface area contributed by atoms with Gasteiger partial charge in [-0.1, -0.05) is 29.0 Å². The van der Waals surface area contributed by atoms with Crippen molar-refractivity contribution in [3.8, 4) is 17.2 Å². The Morgan fingerprint density at radius 1 is 1.07 bits per heavy atom. The summed E-state index contributed by atoms with van der Waals surface area (Å²) in [6.45, 7) is 1.94. The van der Waals surface area contributed by atoms with E-state index < -0.39 is 6.03 Å². The van der Waals surface area contributed by atoms with E-state index in [9.17, 15) is 4.79 Å². The molecule has 1 aromatic heterocycles. The number of amides is 2. The summed E-state index contributed by atoms with van der Waals surface area (Å²) >= 11 is 7.52. The average Bonchev–Trinajstić information content (AvgIpc) is 3.08. The molecule has 7 nitrogen and oxygen atoms in total. The minimum atomic E-state index is -0.447. The second kappa shape index (κ2) is 7.89. The van der Waals surface area contributed by atoms with Gasteiger partial charge in [0.2, 0.25) is 5.75 Å². The van der Waals surface area contributed by atoms with E-state index in [0.29, 0.717) is 33.1 Å². The molecule has 0 radical (unpaired) electrons. The zero-order chi connectivity index (χ0) is 19.6. The number of methoxy groups -OCH3 is 3. The largest absolute Gasteiger partial charge is 0.493 e. The van der Waals surface area contributed by atoms with Crippen molar-refractivity contribution in [3.63, 3.8) is 0 Å². The van der Waals surface area contributed by atoms with Gasteiger partial charge < -0.3 is 19.5 Å². The van der Waals surface area contributed by atoms with Crippen molar-refractivity contribution < 1.29 is 19.0 Å². The van der Waals surface area contributed by atoms with Crippen molar-refractivity contribution >= 4 is 50.0 Å². The summed E-state index contributed by atoms with van der Waals surface area (Å²) in [6, 6.07) is 6.54. The highest BCUT2D eigenvalue weighted by atomic mass is 35.5. The van der Waals surface area contributed by atoms with Gasteiger partial charge in [0, 0.05) is 12.1 Å². The number of urea groups is 1. The lowest BCUT2D eigenvalue weighted by Crippen LogP contribution is -2.19. The van der Waals surface area contributed by atoms with E-state index in [2.05, 4.69) is 15.6 Å². The summed E-state index contributed by atoms with van der Waals surface area (Å²) < 4.78 is 16.7. The molecule has 0 fully saturated rings. The van der Waals surface area contributed by atoms with Gasteiger partial charge in [0.05, 0.1) is 42.3 Å². The molecule has 0 saturated carbocycles. The molecular formula is C18H18ClN3O4S. The van der Waals surface area contributed by atoms with E-state index in [-0.39, 0.29) is 0 Å². The van der Waals surface area contributed by atoms with Crippen LogP contribution in [0.3, 0.4) is 0 Å². The molecule has 2 N–H and O–H groups in total. The summed E-state index contributed by atoms with van der Waals surface area (Å²) in [4.78, 5) is 16.8. The van der Waals surface area contributed by atoms with Crippen molar-refractivity contribution in [2.75, 3.05) is 32.0 Å². The number of thiazole rings is 1. The fourth-order valence-corrected chi connectivity index (χ4v) is 3.78. The van der Waals surface area contributed by atoms with Crippen LogP contribution in [0.5, 0.6) is 17.2 Å². The summed E-state index contributed by atoms with van der Waals surface area (Å²) in [5.74, 6) is 1.33. The van der Waals surface area contributed by atoms with Crippen LogP contribution in [0.15, 0.2) is 24.3 Å². The number of hydrogen-bond acceptors (Lipinski definition) is 6. The number of carbonyl (C=O) groups is 1. The highest BCUT2D eigenvalue weighted by molar-refractivity contribution is 7.23. The van der Waals surface area contributed by atoms with Gasteiger partial charge in [0.15, 0.2) is 16.6 Å². The molecule has 9 heteroatoms. The van der Waals surface area contributed by atoms with Gasteiger partial charge in [0.25, 0.3) is 0 Å². The first kappa shape index (κ1) is 19.1. The molecule has 0 saturated heterocycles. The molecule has 142 valence electrons. The van der Waals surface area contributed by atoms with Gasteiger partial charge in [-0.2, -0.15) is 0 Å². The number of halogens is 1. The smallest absolute Gasteiger partial charge is 0.325 e. The normalized spacial score (nSPS) is 10.6. The lowest BCUT2D eigenvalue weighted by molar-refractivity contribution is 0.262. The standard InChI is InChI=1S/C18H18ClN3O4S/c1-9-5-6-11(19)16-14(9)21-18(27-16)22-17(23)20-10-7-12(24-2)15(26-4)13(8-10)25-3/h5-8H,1-4H3,(H2,20,21,22,23). The fourth-order valence-electron chi connectivity index (χ4n) is 2.57. The third kappa shape index (κ3) is 3.86. The zero-order valence-electron chi connectivity index (χ0n) is 15.2. The van der Waals surface area contributed by atoms with Crippen LogP contribution in [0, 0.1) is 6.92 Å². The van der Waals surface area contributed by atoms with Crippen LogP contribution in [0.2, 0.25) is 5.02 Å². The van der Waals surface area contributed by atoms with Crippen molar-refractivity contribution in [3.05, 3.63) is 34.9 Å². The van der Waals surface area contributed by atoms with E-state index in [1.54, 1.807) is 12.1 Å². The number of rotatable bonds is 5. The minimum Gasteiger partial charge on any atom is -0.493 e. The van der Waals surface area contributed by atoms with E-state index >= 15 is 0 Å². The number of aryl methyl sites for hydroxylation is 1. The van der Waals surface area contributed by atoms with E-state index in [0.717, 1.165) is 15.8 Å². The summed E-state index contributed by atoms with van der Waals surface area (Å²) in [6.07, 6.45) is 0. The Labute approximate surface area is 165 Å². The van der Waals surface area contributed by atoms with Crippen LogP contribution in [-0.2, 0) is 0 Å². The number of benzene rings is 2. The summed E-state index contributed by atoms with van der Waals surface area (Å²) in [5, 5.41) is 6.51. The molecule has 1 heterocycles. The second-order valence-corrected chi connectivity index (χ2v) is 6.96. The molecule has 0 aliphatic heterocycles. The highest BCUT2D eigenvalue weighted by Gasteiger charge is 2.16. The first-order valence-electron chi connectivity index (χ1n) is 7.90. The van der Waals surface area contributed by atoms with E-state index in [1.165, 1.54) is 32.7 Å². The molecule has 0 aliphatic rings. The Morgan fingerprint density at radius 2 is 1.74 bits per heavy atom. The number of carbonyl (C=O) groups excluding carboxylic acids is 1. The SMILES string of the molecule is COc1cc(NC(=O)Nc2nc3c(C)ccc(Cl)c3s2)cc(OC)c1OC. The Bertz CT molecular complexity index is 942. The average molecular weight is 408 g/mol. The van der Waals surface area contributed by atoms with E-state index in [4.69, 9.17) is 25.8 Å². The zero-order valence-corrected chi connectivity index (χ0v) is 16.7. The van der Waals surface area contributed by atoms with Crippen molar-refractivity contribution in [2.24, 2.45) is 0 Å². The van der Waals surface area contributed by atoms with Crippen LogP contribution in [-0.4, -0.2) is 32.3 Å². The Hall–Kier alpha value is -2.71. The molecule has 0 atom stereocenters. The number of aromatic nitrogens is 1. The van der Waals surface area contributed by atoms with Gasteiger partial charge in [-0.3, -0.25) is 5.32 Å². The molecule has 3 aromatic rings. The Balaban J connectivity index is 1.82. The lowest BCUT2D eigenvalue weighted by Gasteiger charge is -2.14. The van der Waals surface area contributed by atoms with Crippen LogP contribution >= 0.6 is 22.9 Å². The van der Waals surface area contributed by atoms with Gasteiger partial charge in [-0.05, 0) is 18.6 Å². The molecule has 2 amide bonds. The third-order valence-electron chi connectivity index (χ3n) is 3.84. The van der Waals surface area contributed by atoms with Crippen LogP contribution in [0.4, 0.5) is 15.6 Å². The van der Waals surface area contributed by atoms with E-state index in [1.807, 2.05) is 19.1 Å². The molecule has 27 heavy (non-hydrogen) atoms. The molecular weight excluding hydrogens is 390 g/mol. The predicted octanol–water partition coefficient (Wildman–Crippen LogP) is 4.93. The molecule has 0 bridgehead atoms. The fraction of sp³-hybridized carbons (Fsp3) is 0.222. The summed E-state index contributed by atoms with van der Waals surface area (Å²) in [5.41, 5.74) is 2.25. The van der Waals surface area contributed by atoms with Crippen molar-refractivity contribution in [1.82, 2.24) is 4.98 Å². The first-order chi connectivity index (χ1) is 13.0. The molecule has 2 aromatic carbocycles. The number of fused-ring (bicyclic) bond motifs is 1. The molecule has 3 rings (SSSR count). The first-order valence-corrected chi connectivity index (χ1v) is 9.10. The second-order valence-electron chi connectivity index (χ2n) is 5.55. The highest BCUT2D eigenvalue weighted by Crippen LogP contribution is 2.40. The van der Waals surface area contributed by atoms with Gasteiger partial charge in [0.1, 0.15) is 0 Å². The van der Waals surface area contributed by atoms with Gasteiger partial charge >= 0.3 is 6.03 Å². The predicted molar refractivity (Wildman–Crippen MR) is 108 cm³/mol. The number of nitrogens with one attached hydrogen (secondary N) is 2. The maximum atomic E-state index is 12.4. The molecule has 0 unspecified atom stereocenters. The van der Waals surface area contributed by atoms with Crippen LogP contribution in [0.25, 0.3) is 10.2 Å². The topological polar surface area (TPSA) is 81.7 Å². The number of ether oxygens (including phenoxy) is 3. The number of nitrogens with zero attached hydrogens (tertiary/aromatic N) is 1. The molecule has 0 aliphatic carbocycles. The van der Waals surface area contributed by atoms with Crippen molar-refractivity contribution in [1.29, 1.82) is 0 Å². The third-order valence-corrected chi connectivity index (χ3v) is 5.27. The lowest BCUT2D eigenvalue weighted by atomic mass is 10.2. The van der Waals surface area contributed by atoms with Crippen molar-refractivity contribution in [2.45, 2.75) is 6.92 Å². The maximum absolute atomic E-state index is 12.4. The number of anilines is 2. The maximum Gasteiger partial charge on any atom is 0.325 e. The Morgan fingerprint density at radius 3 is 2.30 bits per heavy atom. The van der Waals surface area contributed by atoms with Gasteiger partial charge in [-0.25, -0.2) is 9.78 Å². The monoisotopic (exact) mass is 407 g/mol. The number of hydrogen-bond donors (Lipinski definition) is 2. The Kier molecular flexibility index (Phi) is 5.57. The summed E-state index contributed by atoms with van der Waals surface area (Å²) in [7, 11) is 4.53. The van der Waals surface area contributed by atoms with Gasteiger partial charge in [-0.15, -0.1) is 0 Å². The quantitative estimate of drug-likeness (QED) is 0.626. The molecule has 0 spiro atoms.